The maximum atomic E-state index is 16.6. The molecule has 2 fully saturated rings. The fourth-order valence-corrected chi connectivity index (χ4v) is 17.4. The first-order chi connectivity index (χ1) is 60.8. The van der Waals surface area contributed by atoms with E-state index in [4.69, 9.17) is 57.4 Å². The first kappa shape index (κ1) is 98.5. The minimum absolute atomic E-state index is 0.00370. The lowest BCUT2D eigenvalue weighted by Gasteiger charge is -2.48. The van der Waals surface area contributed by atoms with E-state index in [-0.39, 0.29) is 96.2 Å². The highest BCUT2D eigenvalue weighted by Gasteiger charge is 2.52. The Balaban J connectivity index is 1.09. The highest BCUT2D eigenvalue weighted by Crippen LogP contribution is 2.52. The number of primary amides is 1. The maximum absolute atomic E-state index is 16.6. The van der Waals surface area contributed by atoms with Crippen molar-refractivity contribution in [2.75, 3.05) is 19.8 Å². The molecule has 694 valence electrons. The molecule has 3 unspecified atom stereocenters. The van der Waals surface area contributed by atoms with E-state index in [1.54, 1.807) is 13.8 Å². The molecule has 7 aliphatic rings. The molecule has 22 atom stereocenters. The number of aromatic hydroxyl groups is 3. The van der Waals surface area contributed by atoms with Crippen molar-refractivity contribution in [1.82, 2.24) is 31.9 Å². The van der Waals surface area contributed by atoms with Gasteiger partial charge in [0.15, 0.2) is 28.8 Å². The number of rotatable bonds is 30. The predicted octanol–water partition coefficient (Wildman–Crippen LogP) is 3.89. The summed E-state index contributed by atoms with van der Waals surface area (Å²) in [5, 5.41) is 175. The Morgan fingerprint density at radius 1 is 0.719 bits per heavy atom. The van der Waals surface area contributed by atoms with Crippen LogP contribution in [0.1, 0.15) is 181 Å². The van der Waals surface area contributed by atoms with Gasteiger partial charge in [-0.2, -0.15) is 0 Å². The third-order valence-electron chi connectivity index (χ3n) is 24.3. The summed E-state index contributed by atoms with van der Waals surface area (Å²) < 4.78 is 39.3. The number of hydrogen-bond acceptors (Lipinski definition) is 31. The molecule has 11 bridgehead atoms. The van der Waals surface area contributed by atoms with Crippen molar-refractivity contribution in [3.8, 4) is 57.1 Å². The van der Waals surface area contributed by atoms with Gasteiger partial charge in [0.2, 0.25) is 47.8 Å². The molecular weight excluding hydrogens is 1710 g/mol. The number of ketones is 3. The molecule has 38 heteroatoms. The number of fused-ring (bicyclic) bond motifs is 15. The summed E-state index contributed by atoms with van der Waals surface area (Å²) in [6, 6.07) is 15.2. The summed E-state index contributed by atoms with van der Waals surface area (Å²) in [4.78, 5) is 132. The number of aliphatic hydroxyl groups excluding tert-OH is 11. The Hall–Kier alpha value is -10.1. The van der Waals surface area contributed by atoms with Crippen molar-refractivity contribution in [3.05, 3.63) is 152 Å². The molecule has 5 amide bonds. The highest BCUT2D eigenvalue weighted by atomic mass is 35.5. The van der Waals surface area contributed by atoms with E-state index in [0.717, 1.165) is 60.0 Å². The molecule has 0 radical (unpaired) electrons. The smallest absolute Gasteiger partial charge is 0.295 e. The monoisotopic (exact) mass is 1820 g/mol. The largest absolute Gasteiger partial charge is 0.507 e. The van der Waals surface area contributed by atoms with Gasteiger partial charge in [-0.1, -0.05) is 100 Å². The van der Waals surface area contributed by atoms with E-state index >= 15 is 24.0 Å². The van der Waals surface area contributed by atoms with Crippen molar-refractivity contribution >= 4 is 76.6 Å². The lowest BCUT2D eigenvalue weighted by Crippen LogP contribution is -2.64. The number of aliphatic hydroxyl groups is 11. The van der Waals surface area contributed by atoms with E-state index in [1.165, 1.54) is 30.3 Å². The van der Waals surface area contributed by atoms with Crippen LogP contribution >= 0.6 is 23.2 Å². The van der Waals surface area contributed by atoms with Crippen LogP contribution in [0.4, 0.5) is 0 Å². The average Bonchev–Trinajstić information content (AvgIpc) is 0.754. The van der Waals surface area contributed by atoms with E-state index in [0.29, 0.717) is 13.0 Å². The van der Waals surface area contributed by atoms with Crippen LogP contribution in [0.15, 0.2) is 97.1 Å². The summed E-state index contributed by atoms with van der Waals surface area (Å²) in [5.41, 5.74) is 4.05. The van der Waals surface area contributed by atoms with Crippen LogP contribution in [0.25, 0.3) is 11.1 Å². The fourth-order valence-electron chi connectivity index (χ4n) is 17.0. The van der Waals surface area contributed by atoms with Gasteiger partial charge in [-0.3, -0.25) is 43.2 Å². The number of halogens is 2. The van der Waals surface area contributed by atoms with Crippen LogP contribution < -0.4 is 51.8 Å². The second-order valence-electron chi connectivity index (χ2n) is 33.9. The van der Waals surface area contributed by atoms with Crippen molar-refractivity contribution in [3.63, 3.8) is 0 Å². The quantitative estimate of drug-likeness (QED) is 0.0225. The summed E-state index contributed by atoms with van der Waals surface area (Å²) in [6.07, 6.45) is -27.4. The second-order valence-corrected chi connectivity index (χ2v) is 34.8. The number of carbonyl (C=O) groups excluding carboxylic acids is 9. The summed E-state index contributed by atoms with van der Waals surface area (Å²) in [6.45, 7) is 8.90. The number of hydrogen-bond donors (Lipinski definition) is 21. The van der Waals surface area contributed by atoms with E-state index < -0.39 is 281 Å². The Kier molecular flexibility index (Phi) is 33.2. The van der Waals surface area contributed by atoms with Crippen molar-refractivity contribution in [2.24, 2.45) is 29.4 Å². The van der Waals surface area contributed by atoms with Gasteiger partial charge >= 0.3 is 0 Å². The molecule has 1 saturated carbocycles. The van der Waals surface area contributed by atoms with Crippen LogP contribution in [-0.2, 0) is 76.9 Å². The Labute approximate surface area is 746 Å². The third kappa shape index (κ3) is 22.7. The maximum Gasteiger partial charge on any atom is 0.295 e. The van der Waals surface area contributed by atoms with Crippen molar-refractivity contribution < 1.29 is 143 Å². The molecule has 22 N–H and O–H groups in total. The van der Waals surface area contributed by atoms with E-state index in [9.17, 15) is 90.7 Å². The minimum Gasteiger partial charge on any atom is -0.507 e. The Morgan fingerprint density at radius 2 is 1.37 bits per heavy atom. The number of aryl methyl sites for hydroxylation is 1. The lowest BCUT2D eigenvalue weighted by atomic mass is 9.73. The highest BCUT2D eigenvalue weighted by molar-refractivity contribution is 6.32. The number of amides is 5. The third-order valence-corrected chi connectivity index (χ3v) is 24.9. The molecule has 6 aromatic rings. The number of ether oxygens (including phenoxy) is 6. The Bertz CT molecular complexity index is 5030. The number of carbonyl (C=O) groups is 9. The number of unbranched alkanes of at least 4 members (excludes halogenated alkanes) is 1. The minimum atomic E-state index is -2.26. The number of phenolic OH excluding ortho intramolecular Hbond substituents is 3. The number of benzene rings is 6. The van der Waals surface area contributed by atoms with E-state index in [2.05, 4.69) is 31.9 Å². The SMILES string of the molecule is CCc1ccc(CNC2(C)C[C@H](O[C@@H]3C(O)C(O)[C@@H](CO)O[C@H]3Oc3c4cc5cc3Oc3ccc(cc3Cl)[C@@H](O)[C@@H](NC(=O)[C@H](CC)CC(C)C)C(=O)C[C@@H](CC(N)=O)C(=O)N[C@H]5C(=O)C[C@H]3C(=O)N[C@H](C(=O)N[C@H](OC=O)c5cc(O)c(CNCCCCC(=O)[C@H](O)[C@@H](O)[C@H](O)[C@H](O)CO)c(O)c5-c5cc3ccc5O)[C@H](O)c3ccc(c(Cl)c3)O4)C[C@@H](C)[C@H]2O)cc1. The van der Waals surface area contributed by atoms with Gasteiger partial charge in [0.25, 0.3) is 6.47 Å². The number of phenols is 3. The zero-order valence-corrected chi connectivity index (χ0v) is 72.6. The summed E-state index contributed by atoms with van der Waals surface area (Å²) in [5.74, 6) is -18.9. The number of nitrogens with two attached hydrogens (primary N) is 1. The normalized spacial score (nSPS) is 26.8. The van der Waals surface area contributed by atoms with Crippen LogP contribution in [0.2, 0.25) is 10.0 Å². The molecule has 13 rings (SSSR count). The van der Waals surface area contributed by atoms with Crippen molar-refractivity contribution in [1.29, 1.82) is 0 Å². The van der Waals surface area contributed by atoms with Gasteiger partial charge in [-0.25, -0.2) is 0 Å². The van der Waals surface area contributed by atoms with Gasteiger partial charge in [0, 0.05) is 66.9 Å². The number of nitrogens with one attached hydrogen (secondary N) is 6. The Morgan fingerprint density at radius 3 is 1.98 bits per heavy atom. The number of Topliss-reactive ketones (excluding diaryl/α,β-unsaturated/α-hetero) is 3. The molecule has 6 aliphatic heterocycles. The van der Waals surface area contributed by atoms with Crippen LogP contribution in [0.5, 0.6) is 46.0 Å². The standard InChI is InChI=1S/C90H111Cl2N7O29/c1-7-42-12-14-43(15-13-42)35-95-90(6)34-50(24-41(5)83(90)118)124-82-80(117)78(115)67(38-101)127-89(82)128-81-65-29-48-30-66(81)126-64-21-18-47(27-56(64)92)74(111)72-87(122)99-88(123-39-102)53-33-59(105)54(36-94-22-10-9-11-58(104)76(113)79(116)77(114)62(108)37-100)75(112)69(53)52-25-45(16-19-57(52)103)51(86(121)98-72)32-61(107)70(48)96-85(120)49(31-68(93)109)28-60(106)71(97-84(119)44(8-2)23-40(3)4)73(110)46-17-20-63(125-65)55(91)26-46/h12-21,25-27,29-30,33,39-41,44,49-51,62,67,70-74,76-80,82-83,88-89,94-95,100-101,103,105,108,110-118H,7-11,22-24,28,31-32,34-38H2,1-6H3,(H2,93,109)(H,96,120)(H,97,119)(H,98,121)(H,99,122)/t41-,44-,49+,50-,51-,62-,67-,70-,71+,72+,73-,74-,76+,77-,78?,79-,80?,82-,83-,88-,89+,90?/m1/s1. The predicted molar refractivity (Wildman–Crippen MR) is 456 cm³/mol. The molecule has 0 spiro atoms. The topological polar surface area (TPSA) is 590 Å². The molecule has 0 aromatic heterocycles. The van der Waals surface area contributed by atoms with Gasteiger partial charge in [0.05, 0.1) is 52.9 Å². The second kappa shape index (κ2) is 43.1. The zero-order chi connectivity index (χ0) is 93.2. The molecule has 128 heavy (non-hydrogen) atoms. The molecular formula is C90H111Cl2N7O29. The van der Waals surface area contributed by atoms with Crippen LogP contribution in [0.3, 0.4) is 0 Å². The molecule has 1 aliphatic carbocycles. The first-order valence-electron chi connectivity index (χ1n) is 42.4. The molecule has 6 heterocycles. The fraction of sp³-hybridized carbons (Fsp3) is 0.500. The molecule has 6 aromatic carbocycles. The summed E-state index contributed by atoms with van der Waals surface area (Å²) >= 11 is 14.5. The van der Waals surface area contributed by atoms with Crippen LogP contribution in [0, 0.1) is 23.7 Å². The molecule has 36 nitrogen and oxygen atoms in total. The van der Waals surface area contributed by atoms with Gasteiger partial charge < -0.3 is 138 Å². The van der Waals surface area contributed by atoms with E-state index in [1.807, 2.05) is 52.0 Å². The lowest BCUT2D eigenvalue weighted by molar-refractivity contribution is -0.299. The van der Waals surface area contributed by atoms with Gasteiger partial charge in [-0.15, -0.1) is 0 Å². The van der Waals surface area contributed by atoms with Crippen molar-refractivity contribution in [2.45, 2.75) is 241 Å². The zero-order valence-electron chi connectivity index (χ0n) is 71.0. The van der Waals surface area contributed by atoms with Crippen LogP contribution in [-0.4, -0.2) is 230 Å². The molecule has 1 saturated heterocycles. The summed E-state index contributed by atoms with van der Waals surface area (Å²) in [7, 11) is 0. The van der Waals surface area contributed by atoms with Gasteiger partial charge in [0.1, 0.15) is 108 Å². The first-order valence-corrected chi connectivity index (χ1v) is 43.1. The average molecular weight is 1830 g/mol. The van der Waals surface area contributed by atoms with Gasteiger partial charge in [-0.05, 0) is 158 Å².